The number of rotatable bonds is 5. The third-order valence-corrected chi connectivity index (χ3v) is 4.88. The first-order chi connectivity index (χ1) is 12.1. The van der Waals surface area contributed by atoms with E-state index in [-0.39, 0.29) is 17.5 Å². The Morgan fingerprint density at radius 2 is 1.88 bits per heavy atom. The molecule has 25 heavy (non-hydrogen) atoms. The lowest BCUT2D eigenvalue weighted by Crippen LogP contribution is -2.25. The van der Waals surface area contributed by atoms with Gasteiger partial charge in [-0.2, -0.15) is 0 Å². The second kappa shape index (κ2) is 7.72. The van der Waals surface area contributed by atoms with Gasteiger partial charge in [-0.1, -0.05) is 45.2 Å². The van der Waals surface area contributed by atoms with Crippen LogP contribution in [0.1, 0.15) is 46.0 Å². The highest BCUT2D eigenvalue weighted by molar-refractivity contribution is 6.02. The minimum absolute atomic E-state index is 0.191. The maximum absolute atomic E-state index is 12.4. The molecular weight excluding hydrogens is 316 g/mol. The molecule has 3 rings (SSSR count). The van der Waals surface area contributed by atoms with E-state index in [4.69, 9.17) is 4.42 Å². The summed E-state index contributed by atoms with van der Waals surface area (Å²) in [6.07, 6.45) is 6.26. The van der Waals surface area contributed by atoms with Crippen molar-refractivity contribution in [3.8, 4) is 0 Å². The Hall–Kier alpha value is -2.30. The summed E-state index contributed by atoms with van der Waals surface area (Å²) in [4.78, 5) is 24.6. The van der Waals surface area contributed by atoms with Crippen molar-refractivity contribution in [3.63, 3.8) is 0 Å². The van der Waals surface area contributed by atoms with Gasteiger partial charge in [-0.3, -0.25) is 4.79 Å². The molecule has 1 fully saturated rings. The molecule has 1 aliphatic carbocycles. The molecule has 0 unspecified atom stereocenters. The van der Waals surface area contributed by atoms with E-state index in [0.717, 1.165) is 11.9 Å². The summed E-state index contributed by atoms with van der Waals surface area (Å²) in [5.74, 6) is 0.203. The Kier molecular flexibility index (Phi) is 5.41. The highest BCUT2D eigenvalue weighted by Gasteiger charge is 2.20. The Morgan fingerprint density at radius 3 is 2.60 bits per heavy atom. The summed E-state index contributed by atoms with van der Waals surface area (Å²) in [5.41, 5.74) is 0.902. The standard InChI is InChI=1S/C20H26N2O3/c1-13(2)19(23)22-18-17(21-12-14-8-4-3-5-9-14)15-10-6-7-11-16(15)25-20(18)24/h6-7,10-11,13-14,21H,3-5,8-9,12H2,1-2H3,(H,22,23). The van der Waals surface area contributed by atoms with Crippen LogP contribution in [0.15, 0.2) is 33.5 Å². The number of hydrogen-bond donors (Lipinski definition) is 2. The molecule has 0 bridgehead atoms. The number of benzene rings is 1. The predicted octanol–water partition coefficient (Wildman–Crippen LogP) is 4.38. The van der Waals surface area contributed by atoms with Gasteiger partial charge in [0, 0.05) is 17.8 Å². The van der Waals surface area contributed by atoms with Gasteiger partial charge in [-0.15, -0.1) is 0 Å². The molecule has 0 radical (unpaired) electrons. The average molecular weight is 342 g/mol. The van der Waals surface area contributed by atoms with Crippen LogP contribution in [0.25, 0.3) is 11.0 Å². The largest absolute Gasteiger partial charge is 0.421 e. The zero-order chi connectivity index (χ0) is 17.8. The molecule has 2 N–H and O–H groups in total. The maximum atomic E-state index is 12.4. The molecule has 2 aromatic rings. The number of nitrogens with one attached hydrogen (secondary N) is 2. The van der Waals surface area contributed by atoms with Crippen LogP contribution in [-0.2, 0) is 4.79 Å². The zero-order valence-corrected chi connectivity index (χ0v) is 14.9. The van der Waals surface area contributed by atoms with E-state index in [1.165, 1.54) is 32.1 Å². The van der Waals surface area contributed by atoms with Gasteiger partial charge >= 0.3 is 5.63 Å². The Bertz CT molecular complexity index is 804. The second-order valence-corrected chi connectivity index (χ2v) is 7.16. The van der Waals surface area contributed by atoms with Crippen molar-refractivity contribution in [2.75, 3.05) is 17.2 Å². The fraction of sp³-hybridized carbons (Fsp3) is 0.500. The smallest absolute Gasteiger partial charge is 0.362 e. The quantitative estimate of drug-likeness (QED) is 0.791. The lowest BCUT2D eigenvalue weighted by Gasteiger charge is -2.23. The molecule has 1 aliphatic rings. The van der Waals surface area contributed by atoms with Gasteiger partial charge in [0.2, 0.25) is 5.91 Å². The highest BCUT2D eigenvalue weighted by Crippen LogP contribution is 2.30. The van der Waals surface area contributed by atoms with Crippen molar-refractivity contribution in [1.29, 1.82) is 0 Å². The van der Waals surface area contributed by atoms with Gasteiger partial charge < -0.3 is 15.1 Å². The topological polar surface area (TPSA) is 71.3 Å². The summed E-state index contributed by atoms with van der Waals surface area (Å²) in [6.45, 7) is 4.40. The summed E-state index contributed by atoms with van der Waals surface area (Å²) in [6, 6.07) is 7.42. The van der Waals surface area contributed by atoms with Crippen LogP contribution in [0.5, 0.6) is 0 Å². The number of amides is 1. The highest BCUT2D eigenvalue weighted by atomic mass is 16.4. The molecule has 1 amide bonds. The summed E-state index contributed by atoms with van der Waals surface area (Å²) >= 11 is 0. The van der Waals surface area contributed by atoms with E-state index in [1.807, 2.05) is 18.2 Å². The zero-order valence-electron chi connectivity index (χ0n) is 14.9. The van der Waals surface area contributed by atoms with Gasteiger partial charge in [-0.25, -0.2) is 4.79 Å². The van der Waals surface area contributed by atoms with Crippen molar-refractivity contribution in [2.24, 2.45) is 11.8 Å². The van der Waals surface area contributed by atoms with Gasteiger partial charge in [0.15, 0.2) is 5.69 Å². The fourth-order valence-corrected chi connectivity index (χ4v) is 3.35. The van der Waals surface area contributed by atoms with Crippen LogP contribution in [0.3, 0.4) is 0 Å². The van der Waals surface area contributed by atoms with Gasteiger partial charge in [0.1, 0.15) is 5.58 Å². The molecule has 5 heteroatoms. The summed E-state index contributed by atoms with van der Waals surface area (Å²) in [5, 5.41) is 7.00. The van der Waals surface area contributed by atoms with E-state index < -0.39 is 5.63 Å². The third kappa shape index (κ3) is 4.03. The minimum atomic E-state index is -0.515. The van der Waals surface area contributed by atoms with E-state index in [0.29, 0.717) is 17.2 Å². The van der Waals surface area contributed by atoms with Crippen LogP contribution < -0.4 is 16.3 Å². The Morgan fingerprint density at radius 1 is 1.16 bits per heavy atom. The van der Waals surface area contributed by atoms with Crippen LogP contribution in [0.2, 0.25) is 0 Å². The van der Waals surface area contributed by atoms with Crippen LogP contribution >= 0.6 is 0 Å². The Balaban J connectivity index is 1.96. The first kappa shape index (κ1) is 17.5. The number of anilines is 2. The second-order valence-electron chi connectivity index (χ2n) is 7.16. The van der Waals surface area contributed by atoms with Gasteiger partial charge in [0.05, 0.1) is 5.69 Å². The number of fused-ring (bicyclic) bond motifs is 1. The summed E-state index contributed by atoms with van der Waals surface area (Å²) < 4.78 is 5.40. The number of carbonyl (C=O) groups excluding carboxylic acids is 1. The van der Waals surface area contributed by atoms with Crippen LogP contribution in [0.4, 0.5) is 11.4 Å². The monoisotopic (exact) mass is 342 g/mol. The lowest BCUT2D eigenvalue weighted by molar-refractivity contribution is -0.118. The summed E-state index contributed by atoms with van der Waals surface area (Å²) in [7, 11) is 0. The van der Waals surface area contributed by atoms with Gasteiger partial charge in [-0.05, 0) is 30.9 Å². The molecule has 0 saturated heterocycles. The minimum Gasteiger partial charge on any atom is -0.421 e. The fourth-order valence-electron chi connectivity index (χ4n) is 3.35. The SMILES string of the molecule is CC(C)C(=O)Nc1c(NCC2CCCCC2)c2ccccc2oc1=O. The predicted molar refractivity (Wildman–Crippen MR) is 101 cm³/mol. The molecular formula is C20H26N2O3. The number of carbonyl (C=O) groups is 1. The molecule has 5 nitrogen and oxygen atoms in total. The van der Waals surface area contributed by atoms with Crippen LogP contribution in [0, 0.1) is 11.8 Å². The molecule has 1 heterocycles. The first-order valence-corrected chi connectivity index (χ1v) is 9.17. The van der Waals surface area contributed by atoms with E-state index in [2.05, 4.69) is 10.6 Å². The third-order valence-electron chi connectivity index (χ3n) is 4.88. The van der Waals surface area contributed by atoms with Crippen molar-refractivity contribution in [1.82, 2.24) is 0 Å². The molecule has 1 aromatic carbocycles. The van der Waals surface area contributed by atoms with Crippen molar-refractivity contribution in [3.05, 3.63) is 34.7 Å². The first-order valence-electron chi connectivity index (χ1n) is 9.17. The maximum Gasteiger partial charge on any atom is 0.362 e. The van der Waals surface area contributed by atoms with Crippen molar-refractivity contribution < 1.29 is 9.21 Å². The molecule has 0 spiro atoms. The molecule has 134 valence electrons. The van der Waals surface area contributed by atoms with Gasteiger partial charge in [0.25, 0.3) is 0 Å². The van der Waals surface area contributed by atoms with E-state index in [9.17, 15) is 9.59 Å². The van der Waals surface area contributed by atoms with Crippen LogP contribution in [-0.4, -0.2) is 12.5 Å². The Labute approximate surface area is 147 Å². The van der Waals surface area contributed by atoms with Crippen molar-refractivity contribution in [2.45, 2.75) is 46.0 Å². The van der Waals surface area contributed by atoms with E-state index in [1.54, 1.807) is 19.9 Å². The molecule has 0 aliphatic heterocycles. The normalized spacial score (nSPS) is 15.5. The number of hydrogen-bond acceptors (Lipinski definition) is 4. The van der Waals surface area contributed by atoms with Crippen molar-refractivity contribution >= 4 is 28.3 Å². The molecule has 1 aromatic heterocycles. The van der Waals surface area contributed by atoms with E-state index >= 15 is 0 Å². The lowest BCUT2D eigenvalue weighted by atomic mass is 9.89. The number of para-hydroxylation sites is 1. The molecule has 0 atom stereocenters. The average Bonchev–Trinajstić information content (AvgIpc) is 2.62. The molecule has 1 saturated carbocycles.